The topological polar surface area (TPSA) is 44.9 Å². The van der Waals surface area contributed by atoms with Crippen LogP contribution in [0.1, 0.15) is 43.4 Å². The molecule has 0 amide bonds. The van der Waals surface area contributed by atoms with Crippen molar-refractivity contribution in [2.75, 3.05) is 6.54 Å². The second-order valence-corrected chi connectivity index (χ2v) is 6.91. The average molecular weight is 258 g/mol. The van der Waals surface area contributed by atoms with Crippen LogP contribution in [-0.4, -0.2) is 17.6 Å². The first-order chi connectivity index (χ1) is 9.20. The van der Waals surface area contributed by atoms with Crippen molar-refractivity contribution in [2.24, 2.45) is 17.8 Å². The van der Waals surface area contributed by atoms with Gasteiger partial charge in [0.05, 0.1) is 0 Å². The van der Waals surface area contributed by atoms with Crippen LogP contribution in [0, 0.1) is 17.8 Å². The highest BCUT2D eigenvalue weighted by Crippen LogP contribution is 2.46. The lowest BCUT2D eigenvalue weighted by Crippen LogP contribution is -2.50. The van der Waals surface area contributed by atoms with Gasteiger partial charge in [-0.1, -0.05) is 13.0 Å². The Hall–Kier alpha value is -1.09. The Labute approximate surface area is 113 Å². The molecule has 4 rings (SSSR count). The van der Waals surface area contributed by atoms with E-state index in [-0.39, 0.29) is 5.56 Å². The summed E-state index contributed by atoms with van der Waals surface area (Å²) in [6.07, 6.45) is 5.05. The van der Waals surface area contributed by atoms with E-state index in [4.69, 9.17) is 0 Å². The van der Waals surface area contributed by atoms with E-state index in [9.17, 15) is 4.79 Å². The molecule has 0 aromatic carbocycles. The van der Waals surface area contributed by atoms with Crippen molar-refractivity contribution in [1.29, 1.82) is 0 Å². The zero-order valence-electron chi connectivity index (χ0n) is 11.5. The first-order valence-corrected chi connectivity index (χ1v) is 7.66. The molecule has 3 aliphatic rings. The lowest BCUT2D eigenvalue weighted by molar-refractivity contribution is 0.102. The van der Waals surface area contributed by atoms with Gasteiger partial charge in [-0.05, 0) is 54.9 Å². The van der Waals surface area contributed by atoms with Crippen LogP contribution in [-0.2, 0) is 6.42 Å². The molecule has 102 valence electrons. The number of fused-ring (bicyclic) bond motifs is 3. The molecule has 0 radical (unpaired) electrons. The molecule has 2 N–H and O–H groups in total. The normalized spacial score (nSPS) is 40.4. The zero-order chi connectivity index (χ0) is 13.0. The van der Waals surface area contributed by atoms with Gasteiger partial charge in [-0.15, -0.1) is 0 Å². The van der Waals surface area contributed by atoms with Gasteiger partial charge in [0, 0.05) is 24.3 Å². The van der Waals surface area contributed by atoms with Gasteiger partial charge < -0.3 is 10.3 Å². The van der Waals surface area contributed by atoms with Gasteiger partial charge in [0.25, 0.3) is 0 Å². The first-order valence-electron chi connectivity index (χ1n) is 7.66. The third kappa shape index (κ3) is 1.86. The van der Waals surface area contributed by atoms with E-state index < -0.39 is 0 Å². The molecule has 3 heteroatoms. The highest BCUT2D eigenvalue weighted by molar-refractivity contribution is 5.28. The summed E-state index contributed by atoms with van der Waals surface area (Å²) >= 11 is 0. The standard InChI is InChI=1S/C16H22N2O/c1-9-4-10-7-15-12(2-3-16(19)18-15)11-6-13(10)14(5-9)17-8-11/h2-3,9-11,13-14,17H,4-8H2,1H3,(H,18,19)/t9-,10+,11?,13-,14+/m1/s1. The number of pyridine rings is 1. The Balaban J connectivity index is 1.79. The molecule has 1 saturated heterocycles. The summed E-state index contributed by atoms with van der Waals surface area (Å²) in [6.45, 7) is 3.46. The molecule has 5 atom stereocenters. The number of hydrogen-bond acceptors (Lipinski definition) is 2. The van der Waals surface area contributed by atoms with Crippen LogP contribution in [0.15, 0.2) is 16.9 Å². The van der Waals surface area contributed by atoms with E-state index in [2.05, 4.69) is 23.3 Å². The second kappa shape index (κ2) is 4.20. The molecule has 1 saturated carbocycles. The minimum Gasteiger partial charge on any atom is -0.326 e. The Morgan fingerprint density at radius 1 is 1.21 bits per heavy atom. The second-order valence-electron chi connectivity index (χ2n) is 6.91. The maximum Gasteiger partial charge on any atom is 0.248 e. The monoisotopic (exact) mass is 258 g/mol. The first kappa shape index (κ1) is 11.7. The maximum absolute atomic E-state index is 11.6. The van der Waals surface area contributed by atoms with Crippen molar-refractivity contribution in [1.82, 2.24) is 10.3 Å². The summed E-state index contributed by atoms with van der Waals surface area (Å²) in [4.78, 5) is 14.7. The Morgan fingerprint density at radius 2 is 2.11 bits per heavy atom. The summed E-state index contributed by atoms with van der Waals surface area (Å²) in [7, 11) is 0. The number of piperidine rings is 1. The van der Waals surface area contributed by atoms with Gasteiger partial charge in [0.15, 0.2) is 0 Å². The van der Waals surface area contributed by atoms with Crippen molar-refractivity contribution < 1.29 is 0 Å². The number of rotatable bonds is 0. The lowest BCUT2D eigenvalue weighted by atomic mass is 9.67. The summed E-state index contributed by atoms with van der Waals surface area (Å²) < 4.78 is 0. The molecule has 2 aliphatic carbocycles. The van der Waals surface area contributed by atoms with Crippen LogP contribution >= 0.6 is 0 Å². The quantitative estimate of drug-likeness (QED) is 0.748. The number of aromatic amines is 1. The molecule has 2 bridgehead atoms. The number of nitrogens with one attached hydrogen (secondary N) is 2. The largest absolute Gasteiger partial charge is 0.326 e. The molecular formula is C16H22N2O. The van der Waals surface area contributed by atoms with Gasteiger partial charge in [-0.3, -0.25) is 4.79 Å². The molecule has 1 aromatic heterocycles. The molecule has 3 nitrogen and oxygen atoms in total. The maximum atomic E-state index is 11.6. The van der Waals surface area contributed by atoms with Gasteiger partial charge in [0.2, 0.25) is 5.56 Å². The highest BCUT2D eigenvalue weighted by atomic mass is 16.1. The molecule has 1 aliphatic heterocycles. The Bertz CT molecular complexity index is 550. The van der Waals surface area contributed by atoms with E-state index in [0.717, 1.165) is 30.7 Å². The molecule has 19 heavy (non-hydrogen) atoms. The molecule has 2 fully saturated rings. The van der Waals surface area contributed by atoms with E-state index in [0.29, 0.717) is 12.0 Å². The SMILES string of the molecule is C[C@@H]1C[C@H]2Cc3[nH]c(=O)ccc3C3CN[C@@H](C1)[C@@H]2C3. The van der Waals surface area contributed by atoms with Crippen LogP contribution in [0.5, 0.6) is 0 Å². The van der Waals surface area contributed by atoms with Gasteiger partial charge >= 0.3 is 0 Å². The fourth-order valence-corrected chi connectivity index (χ4v) is 4.84. The summed E-state index contributed by atoms with van der Waals surface area (Å²) in [5.41, 5.74) is 2.68. The molecular weight excluding hydrogens is 236 g/mol. The van der Waals surface area contributed by atoms with Crippen LogP contribution < -0.4 is 10.9 Å². The zero-order valence-corrected chi connectivity index (χ0v) is 11.5. The van der Waals surface area contributed by atoms with Crippen molar-refractivity contribution in [3.05, 3.63) is 33.7 Å². The smallest absolute Gasteiger partial charge is 0.248 e. The average Bonchev–Trinajstić information content (AvgIpc) is 2.51. The van der Waals surface area contributed by atoms with Crippen molar-refractivity contribution >= 4 is 0 Å². The molecule has 2 heterocycles. The van der Waals surface area contributed by atoms with E-state index in [1.54, 1.807) is 6.07 Å². The minimum atomic E-state index is 0.0589. The predicted octanol–water partition coefficient (Wildman–Crippen LogP) is 2.04. The van der Waals surface area contributed by atoms with E-state index in [1.807, 2.05) is 0 Å². The van der Waals surface area contributed by atoms with Crippen LogP contribution in [0.25, 0.3) is 0 Å². The summed E-state index contributed by atoms with van der Waals surface area (Å²) in [5, 5.41) is 3.79. The fourth-order valence-electron chi connectivity index (χ4n) is 4.84. The fraction of sp³-hybridized carbons (Fsp3) is 0.688. The number of hydrogen-bond donors (Lipinski definition) is 2. The van der Waals surface area contributed by atoms with Gasteiger partial charge in [0.1, 0.15) is 0 Å². The van der Waals surface area contributed by atoms with Crippen LogP contribution in [0.4, 0.5) is 0 Å². The Morgan fingerprint density at radius 3 is 3.00 bits per heavy atom. The molecule has 0 spiro atoms. The van der Waals surface area contributed by atoms with Gasteiger partial charge in [-0.2, -0.15) is 0 Å². The van der Waals surface area contributed by atoms with Gasteiger partial charge in [-0.25, -0.2) is 0 Å². The summed E-state index contributed by atoms with van der Waals surface area (Å²) in [5.74, 6) is 2.98. The van der Waals surface area contributed by atoms with E-state index >= 15 is 0 Å². The van der Waals surface area contributed by atoms with E-state index in [1.165, 1.54) is 30.5 Å². The predicted molar refractivity (Wildman–Crippen MR) is 75.3 cm³/mol. The number of H-pyrrole nitrogens is 1. The summed E-state index contributed by atoms with van der Waals surface area (Å²) in [6, 6.07) is 4.48. The van der Waals surface area contributed by atoms with Crippen molar-refractivity contribution in [2.45, 2.75) is 44.6 Å². The Kier molecular flexibility index (Phi) is 2.59. The third-order valence-electron chi connectivity index (χ3n) is 5.61. The lowest BCUT2D eigenvalue weighted by Gasteiger charge is -2.45. The van der Waals surface area contributed by atoms with Crippen molar-refractivity contribution in [3.63, 3.8) is 0 Å². The van der Waals surface area contributed by atoms with Crippen molar-refractivity contribution in [3.8, 4) is 0 Å². The minimum absolute atomic E-state index is 0.0589. The third-order valence-corrected chi connectivity index (χ3v) is 5.61. The van der Waals surface area contributed by atoms with Crippen LogP contribution in [0.2, 0.25) is 0 Å². The highest BCUT2D eigenvalue weighted by Gasteiger charge is 2.43. The van der Waals surface area contributed by atoms with Crippen LogP contribution in [0.3, 0.4) is 0 Å². The molecule has 1 aromatic rings. The number of aromatic nitrogens is 1. The molecule has 1 unspecified atom stereocenters.